The Labute approximate surface area is 168 Å². The molecule has 6 atom stereocenters. The summed E-state index contributed by atoms with van der Waals surface area (Å²) in [6, 6.07) is 8.54. The molecule has 2 saturated heterocycles. The molecule has 0 aromatic heterocycles. The lowest BCUT2D eigenvalue weighted by Crippen LogP contribution is -2.64. The van der Waals surface area contributed by atoms with Crippen molar-refractivity contribution in [1.29, 1.82) is 0 Å². The molecule has 2 aliphatic heterocycles. The number of ether oxygens (including phenoxy) is 5. The van der Waals surface area contributed by atoms with Crippen molar-refractivity contribution in [3.05, 3.63) is 35.9 Å². The Kier molecular flexibility index (Phi) is 4.12. The molecule has 8 nitrogen and oxygen atoms in total. The normalized spacial score (nSPS) is 41.4. The van der Waals surface area contributed by atoms with Crippen LogP contribution in [0.2, 0.25) is 0 Å². The summed E-state index contributed by atoms with van der Waals surface area (Å²) in [4.78, 5) is 36.1. The van der Waals surface area contributed by atoms with Gasteiger partial charge in [-0.2, -0.15) is 0 Å². The smallest absolute Gasteiger partial charge is 0.338 e. The zero-order chi connectivity index (χ0) is 21.2. The summed E-state index contributed by atoms with van der Waals surface area (Å²) >= 11 is 0. The molecule has 3 fully saturated rings. The van der Waals surface area contributed by atoms with E-state index in [2.05, 4.69) is 0 Å². The van der Waals surface area contributed by atoms with Gasteiger partial charge >= 0.3 is 17.9 Å². The number of esters is 3. The van der Waals surface area contributed by atoms with Crippen LogP contribution in [-0.4, -0.2) is 59.1 Å². The van der Waals surface area contributed by atoms with Crippen molar-refractivity contribution < 1.29 is 38.1 Å². The third-order valence-corrected chi connectivity index (χ3v) is 6.67. The van der Waals surface area contributed by atoms with E-state index in [-0.39, 0.29) is 6.61 Å². The molecule has 0 radical (unpaired) electrons. The van der Waals surface area contributed by atoms with Crippen LogP contribution in [0.5, 0.6) is 0 Å². The molecule has 0 spiro atoms. The van der Waals surface area contributed by atoms with E-state index in [9.17, 15) is 14.4 Å². The summed E-state index contributed by atoms with van der Waals surface area (Å²) < 4.78 is 28.8. The van der Waals surface area contributed by atoms with Gasteiger partial charge in [0, 0.05) is 13.8 Å². The van der Waals surface area contributed by atoms with E-state index in [0.29, 0.717) is 5.56 Å². The highest BCUT2D eigenvalue weighted by atomic mass is 16.8. The first kappa shape index (κ1) is 19.8. The molecule has 1 aromatic rings. The Morgan fingerprint density at radius 3 is 2.07 bits per heavy atom. The van der Waals surface area contributed by atoms with Gasteiger partial charge in [0.2, 0.25) is 0 Å². The van der Waals surface area contributed by atoms with Crippen LogP contribution < -0.4 is 0 Å². The Balaban J connectivity index is 1.66. The maximum atomic E-state index is 12.5. The molecule has 0 N–H and O–H groups in total. The van der Waals surface area contributed by atoms with Gasteiger partial charge in [-0.25, -0.2) is 4.79 Å². The van der Waals surface area contributed by atoms with Gasteiger partial charge in [-0.05, 0) is 32.9 Å². The zero-order valence-electron chi connectivity index (χ0n) is 17.0. The molecule has 156 valence electrons. The van der Waals surface area contributed by atoms with Crippen LogP contribution in [0, 0.1) is 0 Å². The van der Waals surface area contributed by atoms with Crippen LogP contribution in [0.4, 0.5) is 0 Å². The van der Waals surface area contributed by atoms with Crippen molar-refractivity contribution >= 4 is 17.9 Å². The molecule has 1 aliphatic carbocycles. The average Bonchev–Trinajstić information content (AvgIpc) is 3.48. The minimum absolute atomic E-state index is 0.179. The van der Waals surface area contributed by atoms with E-state index < -0.39 is 52.5 Å². The van der Waals surface area contributed by atoms with Crippen LogP contribution in [0.1, 0.15) is 45.0 Å². The number of hydrogen-bond acceptors (Lipinski definition) is 8. The van der Waals surface area contributed by atoms with Crippen LogP contribution >= 0.6 is 0 Å². The minimum Gasteiger partial charge on any atom is -0.459 e. The van der Waals surface area contributed by atoms with Crippen LogP contribution in [0.15, 0.2) is 30.3 Å². The summed E-state index contributed by atoms with van der Waals surface area (Å²) in [7, 11) is 0. The van der Waals surface area contributed by atoms with Gasteiger partial charge in [0.1, 0.15) is 23.4 Å². The van der Waals surface area contributed by atoms with E-state index >= 15 is 0 Å². The maximum absolute atomic E-state index is 12.5. The largest absolute Gasteiger partial charge is 0.459 e. The van der Waals surface area contributed by atoms with Gasteiger partial charge in [-0.15, -0.1) is 0 Å². The van der Waals surface area contributed by atoms with Gasteiger partial charge in [0.15, 0.2) is 17.8 Å². The Hall–Kier alpha value is -2.45. The monoisotopic (exact) mass is 404 g/mol. The van der Waals surface area contributed by atoms with E-state index in [0.717, 1.165) is 0 Å². The van der Waals surface area contributed by atoms with Gasteiger partial charge in [-0.3, -0.25) is 9.59 Å². The lowest BCUT2D eigenvalue weighted by molar-refractivity contribution is -0.180. The van der Waals surface area contributed by atoms with E-state index in [1.807, 2.05) is 13.8 Å². The highest BCUT2D eigenvalue weighted by Crippen LogP contribution is 2.75. The van der Waals surface area contributed by atoms with Crippen molar-refractivity contribution in [1.82, 2.24) is 0 Å². The van der Waals surface area contributed by atoms with Crippen molar-refractivity contribution in [3.63, 3.8) is 0 Å². The van der Waals surface area contributed by atoms with Crippen molar-refractivity contribution in [2.45, 2.75) is 69.2 Å². The molecule has 1 saturated carbocycles. The standard InChI is InChI=1S/C21H24O8/c1-12(22)26-15-16(27-13(2)23)21(11-25-17(24)14-9-7-6-8-10-14)20(5,29-21)19(4)18(15,3)28-19/h6-10,15-16H,11H2,1-5H3/t15-,16-,18+,19+,20+,21-/m0/s1. The number of carbonyl (C=O) groups is 3. The molecule has 29 heavy (non-hydrogen) atoms. The Morgan fingerprint density at radius 2 is 1.48 bits per heavy atom. The van der Waals surface area contributed by atoms with Crippen molar-refractivity contribution in [3.8, 4) is 0 Å². The SMILES string of the molecule is CC(=O)O[C@H]1[C@H](OC(C)=O)[C@@]2(C)O[C@@]2(C)[C@@]2(C)O[C@@]12COC(=O)c1ccccc1. The fourth-order valence-electron chi connectivity index (χ4n) is 4.77. The summed E-state index contributed by atoms with van der Waals surface area (Å²) in [6.07, 6.45) is -1.89. The number of benzene rings is 1. The first-order chi connectivity index (χ1) is 13.5. The molecule has 3 aliphatic rings. The Morgan fingerprint density at radius 1 is 0.897 bits per heavy atom. The second kappa shape index (κ2) is 6.03. The van der Waals surface area contributed by atoms with Crippen molar-refractivity contribution in [2.75, 3.05) is 6.61 Å². The minimum atomic E-state index is -1.19. The molecule has 8 heteroatoms. The third kappa shape index (κ3) is 2.55. The maximum Gasteiger partial charge on any atom is 0.338 e. The highest BCUT2D eigenvalue weighted by molar-refractivity contribution is 5.89. The molecule has 0 amide bonds. The number of hydrogen-bond donors (Lipinski definition) is 0. The van der Waals surface area contributed by atoms with Crippen molar-refractivity contribution in [2.24, 2.45) is 0 Å². The van der Waals surface area contributed by atoms with Gasteiger partial charge in [0.05, 0.1) is 5.56 Å². The van der Waals surface area contributed by atoms with Crippen LogP contribution in [0.3, 0.4) is 0 Å². The van der Waals surface area contributed by atoms with E-state index in [4.69, 9.17) is 23.7 Å². The van der Waals surface area contributed by atoms with E-state index in [1.165, 1.54) is 13.8 Å². The molecular weight excluding hydrogens is 380 g/mol. The van der Waals surface area contributed by atoms with E-state index in [1.54, 1.807) is 37.3 Å². The van der Waals surface area contributed by atoms with Gasteiger partial charge < -0.3 is 23.7 Å². The molecular formula is C21H24O8. The predicted molar refractivity (Wildman–Crippen MR) is 97.9 cm³/mol. The quantitative estimate of drug-likeness (QED) is 0.416. The fourth-order valence-corrected chi connectivity index (χ4v) is 4.77. The molecule has 2 heterocycles. The number of fused-ring (bicyclic) bond motifs is 3. The molecule has 4 rings (SSSR count). The second-order valence-electron chi connectivity index (χ2n) is 8.27. The summed E-state index contributed by atoms with van der Waals surface area (Å²) in [5, 5.41) is 0. The lowest BCUT2D eigenvalue weighted by atomic mass is 9.65. The predicted octanol–water partition coefficient (Wildman–Crippen LogP) is 1.80. The Bertz CT molecular complexity index is 884. The topological polar surface area (TPSA) is 104 Å². The summed E-state index contributed by atoms with van der Waals surface area (Å²) in [5.74, 6) is -1.63. The summed E-state index contributed by atoms with van der Waals surface area (Å²) in [6.45, 7) is 7.84. The fraction of sp³-hybridized carbons (Fsp3) is 0.571. The zero-order valence-corrected chi connectivity index (χ0v) is 17.0. The first-order valence-electron chi connectivity index (χ1n) is 9.48. The second-order valence-corrected chi connectivity index (χ2v) is 8.27. The third-order valence-electron chi connectivity index (χ3n) is 6.67. The average molecular weight is 404 g/mol. The van der Waals surface area contributed by atoms with Crippen LogP contribution in [-0.2, 0) is 33.3 Å². The number of epoxide rings is 2. The molecule has 1 aromatic carbocycles. The highest BCUT2D eigenvalue weighted by Gasteiger charge is 2.96. The number of rotatable bonds is 5. The molecule has 0 unspecified atom stereocenters. The van der Waals surface area contributed by atoms with Gasteiger partial charge in [0.25, 0.3) is 0 Å². The summed E-state index contributed by atoms with van der Waals surface area (Å²) in [5.41, 5.74) is -3.37. The number of carbonyl (C=O) groups excluding carboxylic acids is 3. The van der Waals surface area contributed by atoms with Gasteiger partial charge in [-0.1, -0.05) is 18.2 Å². The van der Waals surface area contributed by atoms with Crippen LogP contribution in [0.25, 0.3) is 0 Å². The lowest BCUT2D eigenvalue weighted by Gasteiger charge is -2.39. The molecule has 0 bridgehead atoms. The first-order valence-corrected chi connectivity index (χ1v) is 9.48.